The van der Waals surface area contributed by atoms with Crippen molar-refractivity contribution in [3.05, 3.63) is 0 Å². The van der Waals surface area contributed by atoms with Crippen LogP contribution in [-0.4, -0.2) is 0 Å². The van der Waals surface area contributed by atoms with Crippen molar-refractivity contribution in [2.24, 2.45) is 118 Å². The Kier molecular flexibility index (Phi) is 44.4. The summed E-state index contributed by atoms with van der Waals surface area (Å²) in [7, 11) is 0. The molecular formula is C93H176. The molecule has 10 aliphatic rings. The van der Waals surface area contributed by atoms with Crippen molar-refractivity contribution in [3.8, 4) is 0 Å². The fourth-order valence-electron chi connectivity index (χ4n) is 23.4. The summed E-state index contributed by atoms with van der Waals surface area (Å²) in [5.41, 5.74) is 0. The fraction of sp³-hybridized carbons (Fsp3) is 1.00. The van der Waals surface area contributed by atoms with Crippen molar-refractivity contribution in [1.82, 2.24) is 0 Å². The predicted octanol–water partition coefficient (Wildman–Crippen LogP) is 32.2. The summed E-state index contributed by atoms with van der Waals surface area (Å²) < 4.78 is 0. The van der Waals surface area contributed by atoms with E-state index in [1.807, 2.05) is 0 Å². The lowest BCUT2D eigenvalue weighted by molar-refractivity contribution is 0.140. The summed E-state index contributed by atoms with van der Waals surface area (Å²) in [5, 5.41) is 0. The molecule has 0 aromatic rings. The Bertz CT molecular complexity index is 1630. The normalized spacial score (nSPS) is 36.8. The number of hydrogen-bond donors (Lipinski definition) is 0. The number of unbranched alkanes of at least 4 members (excludes halogenated alkanes) is 6. The van der Waals surface area contributed by atoms with Crippen LogP contribution in [0.1, 0.15) is 474 Å². The van der Waals surface area contributed by atoms with Crippen LogP contribution in [0.15, 0.2) is 0 Å². The molecule has 0 amide bonds. The minimum atomic E-state index is 1.07. The van der Waals surface area contributed by atoms with E-state index in [1.54, 1.807) is 218 Å². The second-order valence-electron chi connectivity index (χ2n) is 36.7. The molecule has 0 nitrogen and oxygen atoms in total. The molecule has 0 heteroatoms. The lowest BCUT2D eigenvalue weighted by atomic mass is 9.68. The molecule has 93 heavy (non-hydrogen) atoms. The van der Waals surface area contributed by atoms with Gasteiger partial charge < -0.3 is 0 Å². The van der Waals surface area contributed by atoms with E-state index >= 15 is 0 Å². The van der Waals surface area contributed by atoms with Gasteiger partial charge in [-0.3, -0.25) is 0 Å². The monoisotopic (exact) mass is 1290 g/mol. The van der Waals surface area contributed by atoms with E-state index in [-0.39, 0.29) is 0 Å². The minimum Gasteiger partial charge on any atom is -0.0654 e. The van der Waals surface area contributed by atoms with Gasteiger partial charge in [-0.25, -0.2) is 0 Å². The van der Waals surface area contributed by atoms with Crippen LogP contribution in [0, 0.1) is 118 Å². The zero-order valence-electron chi connectivity index (χ0n) is 66.1. The molecule has 0 atom stereocenters. The predicted molar refractivity (Wildman–Crippen MR) is 417 cm³/mol. The highest BCUT2D eigenvalue weighted by Crippen LogP contribution is 2.48. The van der Waals surface area contributed by atoms with Gasteiger partial charge in [0.25, 0.3) is 0 Å². The van der Waals surface area contributed by atoms with E-state index in [4.69, 9.17) is 0 Å². The zero-order valence-corrected chi connectivity index (χ0v) is 66.1. The summed E-state index contributed by atoms with van der Waals surface area (Å²) in [4.78, 5) is 0. The molecule has 10 saturated carbocycles. The second-order valence-corrected chi connectivity index (χ2v) is 36.7. The third-order valence-electron chi connectivity index (χ3n) is 30.4. The van der Waals surface area contributed by atoms with Crippen molar-refractivity contribution in [1.29, 1.82) is 0 Å². The van der Waals surface area contributed by atoms with Gasteiger partial charge >= 0.3 is 0 Å². The highest BCUT2D eigenvalue weighted by atomic mass is 14.4. The van der Waals surface area contributed by atoms with Crippen molar-refractivity contribution in [2.45, 2.75) is 474 Å². The third-order valence-corrected chi connectivity index (χ3v) is 30.4. The molecule has 0 aliphatic heterocycles. The van der Waals surface area contributed by atoms with Gasteiger partial charge in [0.05, 0.1) is 0 Å². The van der Waals surface area contributed by atoms with Crippen LogP contribution < -0.4 is 0 Å². The lowest BCUT2D eigenvalue weighted by Gasteiger charge is -2.38. The number of hydrogen-bond acceptors (Lipinski definition) is 0. The third kappa shape index (κ3) is 31.8. The van der Waals surface area contributed by atoms with E-state index in [9.17, 15) is 0 Å². The van der Waals surface area contributed by atoms with E-state index in [0.29, 0.717) is 0 Å². The van der Waals surface area contributed by atoms with Gasteiger partial charge in [-0.15, -0.1) is 0 Å². The molecule has 10 rings (SSSR count). The Morgan fingerprint density at radius 1 is 0.129 bits per heavy atom. The van der Waals surface area contributed by atoms with E-state index in [0.717, 1.165) is 118 Å². The Hall–Kier alpha value is 0. The van der Waals surface area contributed by atoms with Crippen LogP contribution in [0.3, 0.4) is 0 Å². The topological polar surface area (TPSA) is 0 Å². The maximum absolute atomic E-state index is 2.38. The fourth-order valence-corrected chi connectivity index (χ4v) is 23.4. The summed E-state index contributed by atoms with van der Waals surface area (Å²) in [5.74, 6) is 21.9. The van der Waals surface area contributed by atoms with Crippen LogP contribution in [0.5, 0.6) is 0 Å². The Balaban J connectivity index is 0.000000185. The van der Waals surface area contributed by atoms with Gasteiger partial charge in [0, 0.05) is 0 Å². The van der Waals surface area contributed by atoms with Crippen molar-refractivity contribution in [3.63, 3.8) is 0 Å². The quantitative estimate of drug-likeness (QED) is 0.0685. The highest BCUT2D eigenvalue weighted by molar-refractivity contribution is 4.87. The van der Waals surface area contributed by atoms with E-state index in [2.05, 4.69) is 69.2 Å². The van der Waals surface area contributed by atoms with Crippen molar-refractivity contribution < 1.29 is 0 Å². The maximum atomic E-state index is 2.38. The average molecular weight is 1290 g/mol. The molecule has 0 unspecified atom stereocenters. The summed E-state index contributed by atoms with van der Waals surface area (Å²) in [6.45, 7) is 23.5. The van der Waals surface area contributed by atoms with Gasteiger partial charge in [0.15, 0.2) is 0 Å². The molecule has 0 spiro atoms. The molecule has 0 bridgehead atoms. The first-order valence-electron chi connectivity index (χ1n) is 45.7. The minimum absolute atomic E-state index is 1.07. The molecular weight excluding hydrogens is 1120 g/mol. The zero-order chi connectivity index (χ0) is 66.1. The van der Waals surface area contributed by atoms with Gasteiger partial charge in [-0.1, -0.05) is 345 Å². The lowest BCUT2D eigenvalue weighted by Crippen LogP contribution is -2.25. The van der Waals surface area contributed by atoms with E-state index in [1.165, 1.54) is 186 Å². The Morgan fingerprint density at radius 2 is 0.269 bits per heavy atom. The largest absolute Gasteiger partial charge is 0.0654 e. The SMILES string of the molecule is CCCC1CCC(C2CCC(CC)CC2)CC1.CCCCC1CCC(C2CCC(CC)CC2)CC1.CCCCC1CCC(C2CCC(CCC)CC2)CC1.CCCCCC1CCC(C2CCC(CC)CC2)CC1.CCCCCC1CCC(C2CCC(CCC)CC2)CC1. The molecule has 0 aromatic heterocycles. The first-order valence-corrected chi connectivity index (χ1v) is 45.7. The maximum Gasteiger partial charge on any atom is -0.0386 e. The molecule has 0 saturated heterocycles. The molecule has 0 heterocycles. The average Bonchev–Trinajstić information content (AvgIpc) is 2.66. The first kappa shape index (κ1) is 82.0. The molecule has 10 aliphatic carbocycles. The van der Waals surface area contributed by atoms with Crippen LogP contribution in [-0.2, 0) is 0 Å². The van der Waals surface area contributed by atoms with Crippen LogP contribution >= 0.6 is 0 Å². The number of rotatable bonds is 28. The van der Waals surface area contributed by atoms with Crippen LogP contribution in [0.4, 0.5) is 0 Å². The molecule has 0 aromatic carbocycles. The molecule has 0 radical (unpaired) electrons. The molecule has 0 N–H and O–H groups in total. The van der Waals surface area contributed by atoms with Crippen LogP contribution in [0.2, 0.25) is 0 Å². The van der Waals surface area contributed by atoms with Gasteiger partial charge in [0.2, 0.25) is 0 Å². The summed E-state index contributed by atoms with van der Waals surface area (Å²) in [6, 6.07) is 0. The van der Waals surface area contributed by atoms with Crippen LogP contribution in [0.25, 0.3) is 0 Å². The Morgan fingerprint density at radius 3 is 0.409 bits per heavy atom. The molecule has 548 valence electrons. The summed E-state index contributed by atoms with van der Waals surface area (Å²) in [6.07, 6.45) is 95.7. The van der Waals surface area contributed by atoms with Crippen molar-refractivity contribution >= 4 is 0 Å². The summed E-state index contributed by atoms with van der Waals surface area (Å²) >= 11 is 0. The first-order chi connectivity index (χ1) is 45.7. The van der Waals surface area contributed by atoms with E-state index < -0.39 is 0 Å². The Labute approximate surface area is 588 Å². The second kappa shape index (κ2) is 50.4. The smallest absolute Gasteiger partial charge is 0.0386 e. The van der Waals surface area contributed by atoms with Gasteiger partial charge in [0.1, 0.15) is 0 Å². The van der Waals surface area contributed by atoms with Crippen molar-refractivity contribution in [2.75, 3.05) is 0 Å². The molecule has 10 fully saturated rings. The van der Waals surface area contributed by atoms with Gasteiger partial charge in [-0.05, 0) is 247 Å². The standard InChI is InChI=1S/C20H38.2C19H36.C18H34.C17H32/c1-3-5-6-8-18-11-15-20(16-12-18)19-13-9-17(7-4-2)10-14-19;1-3-5-6-7-17-10-14-19(15-11-17)18-12-8-16(4-2)9-13-18;1-3-5-7-17-10-14-19(15-11-17)18-12-8-16(6-4-2)9-13-18;1-3-5-6-16-9-13-18(14-10-16)17-11-7-15(4-2)8-12-17;1-3-5-15-8-12-17(13-9-15)16-10-6-14(4-2)7-11-16/h17-20H,3-16H2,1-2H3;2*16-19H,3-15H2,1-2H3;15-18H,3-14H2,1-2H3;14-17H,3-13H2,1-2H3. The highest BCUT2D eigenvalue weighted by Gasteiger charge is 2.36. The van der Waals surface area contributed by atoms with Gasteiger partial charge in [-0.2, -0.15) is 0 Å².